The number of carbonyl (C=O) groups excluding carboxylic acids is 2. The van der Waals surface area contributed by atoms with E-state index < -0.39 is 47.5 Å². The van der Waals surface area contributed by atoms with Gasteiger partial charge >= 0.3 is 0 Å². The van der Waals surface area contributed by atoms with Crippen molar-refractivity contribution in [3.63, 3.8) is 0 Å². The fourth-order valence-corrected chi connectivity index (χ4v) is 3.29. The number of likely N-dealkylation sites (N-methyl/N-ethyl adjacent to an activating group) is 1. The van der Waals surface area contributed by atoms with E-state index in [-0.39, 0.29) is 0 Å². The Labute approximate surface area is 183 Å². The molecule has 2 N–H and O–H groups in total. The summed E-state index contributed by atoms with van der Waals surface area (Å²) in [5.74, 6) is -4.93. The van der Waals surface area contributed by atoms with E-state index in [1.165, 1.54) is 0 Å². The molecule has 1 heterocycles. The number of anilines is 1. The van der Waals surface area contributed by atoms with Crippen molar-refractivity contribution in [2.45, 2.75) is 33.0 Å². The summed E-state index contributed by atoms with van der Waals surface area (Å²) in [6, 6.07) is 8.78. The van der Waals surface area contributed by atoms with Crippen molar-refractivity contribution < 1.29 is 22.8 Å². The van der Waals surface area contributed by atoms with Gasteiger partial charge in [0.15, 0.2) is 17.5 Å². The van der Waals surface area contributed by atoms with Gasteiger partial charge in [0.2, 0.25) is 11.8 Å². The first-order valence-electron chi connectivity index (χ1n) is 10.1. The van der Waals surface area contributed by atoms with E-state index in [0.29, 0.717) is 12.6 Å². The number of nitrogens with one attached hydrogen (secondary N) is 2. The quantitative estimate of drug-likeness (QED) is 0.521. The van der Waals surface area contributed by atoms with Crippen LogP contribution in [0.1, 0.15) is 19.7 Å². The molecule has 0 radical (unpaired) electrons. The lowest BCUT2D eigenvalue weighted by molar-refractivity contribution is -0.127. The van der Waals surface area contributed by atoms with Gasteiger partial charge in [-0.3, -0.25) is 14.5 Å². The van der Waals surface area contributed by atoms with Crippen LogP contribution in [0.5, 0.6) is 0 Å². The van der Waals surface area contributed by atoms with Crippen LogP contribution < -0.4 is 10.6 Å². The maximum atomic E-state index is 13.7. The highest BCUT2D eigenvalue weighted by molar-refractivity contribution is 5.95. The lowest BCUT2D eigenvalue weighted by Crippen LogP contribution is -2.45. The molecule has 0 fully saturated rings. The van der Waals surface area contributed by atoms with Crippen molar-refractivity contribution in [1.29, 1.82) is 0 Å². The van der Waals surface area contributed by atoms with Crippen molar-refractivity contribution in [3.8, 4) is 0 Å². The molecule has 1 unspecified atom stereocenters. The molecule has 0 aliphatic heterocycles. The molecule has 7 nitrogen and oxygen atoms in total. The Kier molecular flexibility index (Phi) is 7.14. The average molecular weight is 447 g/mol. The number of para-hydroxylation sites is 2. The van der Waals surface area contributed by atoms with Gasteiger partial charge in [0.05, 0.1) is 35.9 Å². The summed E-state index contributed by atoms with van der Waals surface area (Å²) in [6.07, 6.45) is 0. The monoisotopic (exact) mass is 447 g/mol. The average Bonchev–Trinajstić information content (AvgIpc) is 3.14. The standard InChI is InChI=1S/C22H24F3N5O2/c1-4-30-17-8-6-5-7-15(17)27-18(30)12-29(3)13(2)22(32)26-11-19(31)28-16-10-9-14(23)20(24)21(16)25/h5-10,13H,4,11-12H2,1-3H3,(H,26,32)(H,28,31). The Balaban J connectivity index is 1.57. The second kappa shape index (κ2) is 9.82. The molecule has 32 heavy (non-hydrogen) atoms. The van der Waals surface area contributed by atoms with E-state index in [2.05, 4.69) is 20.2 Å². The summed E-state index contributed by atoms with van der Waals surface area (Å²) in [5.41, 5.74) is 1.37. The second-order valence-electron chi connectivity index (χ2n) is 7.34. The summed E-state index contributed by atoms with van der Waals surface area (Å²) in [7, 11) is 1.76. The van der Waals surface area contributed by atoms with Gasteiger partial charge in [-0.1, -0.05) is 12.1 Å². The number of aryl methyl sites for hydroxylation is 1. The number of amides is 2. The first-order valence-corrected chi connectivity index (χ1v) is 10.1. The Morgan fingerprint density at radius 2 is 1.84 bits per heavy atom. The molecular formula is C22H24F3N5O2. The lowest BCUT2D eigenvalue weighted by atomic mass is 10.2. The predicted molar refractivity (Wildman–Crippen MR) is 114 cm³/mol. The fraction of sp³-hybridized carbons (Fsp3) is 0.318. The molecule has 0 aliphatic rings. The van der Waals surface area contributed by atoms with Crippen LogP contribution in [0.2, 0.25) is 0 Å². The van der Waals surface area contributed by atoms with Crippen LogP contribution in [-0.2, 0) is 22.7 Å². The summed E-state index contributed by atoms with van der Waals surface area (Å²) in [4.78, 5) is 30.9. The minimum Gasteiger partial charge on any atom is -0.346 e. The fourth-order valence-electron chi connectivity index (χ4n) is 3.29. The van der Waals surface area contributed by atoms with E-state index in [0.717, 1.165) is 29.5 Å². The zero-order valence-corrected chi connectivity index (χ0v) is 18.0. The summed E-state index contributed by atoms with van der Waals surface area (Å²) < 4.78 is 42.0. The van der Waals surface area contributed by atoms with Gasteiger partial charge in [-0.25, -0.2) is 18.2 Å². The Morgan fingerprint density at radius 1 is 1.12 bits per heavy atom. The third kappa shape index (κ3) is 4.91. The Bertz CT molecular complexity index is 1150. The largest absolute Gasteiger partial charge is 0.346 e. The van der Waals surface area contributed by atoms with Crippen LogP contribution in [-0.4, -0.2) is 45.9 Å². The molecule has 170 valence electrons. The van der Waals surface area contributed by atoms with Crippen LogP contribution in [0.15, 0.2) is 36.4 Å². The molecule has 0 saturated heterocycles. The molecule has 0 spiro atoms. The molecule has 3 rings (SSSR count). The molecule has 1 atom stereocenters. The molecule has 3 aromatic rings. The molecule has 0 aliphatic carbocycles. The van der Waals surface area contributed by atoms with E-state index >= 15 is 0 Å². The molecular weight excluding hydrogens is 423 g/mol. The number of rotatable bonds is 8. The number of carbonyl (C=O) groups is 2. The molecule has 2 aromatic carbocycles. The number of halogens is 3. The molecule has 0 saturated carbocycles. The summed E-state index contributed by atoms with van der Waals surface area (Å²) in [5, 5.41) is 4.57. The number of imidazole rings is 1. The Hall–Kier alpha value is -3.40. The smallest absolute Gasteiger partial charge is 0.243 e. The molecule has 10 heteroatoms. The van der Waals surface area contributed by atoms with Crippen molar-refractivity contribution >= 4 is 28.5 Å². The first kappa shape index (κ1) is 23.3. The lowest BCUT2D eigenvalue weighted by Gasteiger charge is -2.23. The van der Waals surface area contributed by atoms with Crippen LogP contribution in [0.3, 0.4) is 0 Å². The molecule has 0 bridgehead atoms. The van der Waals surface area contributed by atoms with Crippen LogP contribution in [0.4, 0.5) is 18.9 Å². The number of nitrogens with zero attached hydrogens (tertiary/aromatic N) is 3. The summed E-state index contributed by atoms with van der Waals surface area (Å²) in [6.45, 7) is 4.38. The van der Waals surface area contributed by atoms with E-state index in [1.807, 2.05) is 31.2 Å². The van der Waals surface area contributed by atoms with Gasteiger partial charge in [-0.2, -0.15) is 0 Å². The third-order valence-electron chi connectivity index (χ3n) is 5.21. The SMILES string of the molecule is CCn1c(CN(C)C(C)C(=O)NCC(=O)Nc2ccc(F)c(F)c2F)nc2ccccc21. The molecule has 2 amide bonds. The topological polar surface area (TPSA) is 79.3 Å². The maximum Gasteiger partial charge on any atom is 0.243 e. The van der Waals surface area contributed by atoms with Crippen LogP contribution >= 0.6 is 0 Å². The first-order chi connectivity index (χ1) is 15.2. The van der Waals surface area contributed by atoms with Crippen LogP contribution in [0, 0.1) is 17.5 Å². The summed E-state index contributed by atoms with van der Waals surface area (Å²) >= 11 is 0. The third-order valence-corrected chi connectivity index (χ3v) is 5.21. The van der Waals surface area contributed by atoms with E-state index in [9.17, 15) is 22.8 Å². The number of hydrogen-bond acceptors (Lipinski definition) is 4. The zero-order valence-electron chi connectivity index (χ0n) is 18.0. The number of hydrogen-bond donors (Lipinski definition) is 2. The van der Waals surface area contributed by atoms with Crippen molar-refractivity contribution in [3.05, 3.63) is 59.7 Å². The highest BCUT2D eigenvalue weighted by Crippen LogP contribution is 2.20. The van der Waals surface area contributed by atoms with Gasteiger partial charge in [0, 0.05) is 6.54 Å². The van der Waals surface area contributed by atoms with Crippen molar-refractivity contribution in [2.75, 3.05) is 18.9 Å². The highest BCUT2D eigenvalue weighted by atomic mass is 19.2. The number of fused-ring (bicyclic) bond motifs is 1. The van der Waals surface area contributed by atoms with E-state index in [4.69, 9.17) is 0 Å². The van der Waals surface area contributed by atoms with Gasteiger partial charge < -0.3 is 15.2 Å². The second-order valence-corrected chi connectivity index (χ2v) is 7.34. The van der Waals surface area contributed by atoms with Crippen molar-refractivity contribution in [1.82, 2.24) is 19.8 Å². The van der Waals surface area contributed by atoms with Gasteiger partial charge in [0.25, 0.3) is 0 Å². The minimum atomic E-state index is -1.68. The normalized spacial score (nSPS) is 12.2. The van der Waals surface area contributed by atoms with Crippen molar-refractivity contribution in [2.24, 2.45) is 0 Å². The number of aromatic nitrogens is 2. The van der Waals surface area contributed by atoms with Crippen LogP contribution in [0.25, 0.3) is 11.0 Å². The predicted octanol–water partition coefficient (Wildman–Crippen LogP) is 3.05. The minimum absolute atomic E-state index is 0.406. The van der Waals surface area contributed by atoms with Gasteiger partial charge in [-0.05, 0) is 45.2 Å². The van der Waals surface area contributed by atoms with Gasteiger partial charge in [-0.15, -0.1) is 0 Å². The number of benzene rings is 2. The molecule has 1 aromatic heterocycles. The van der Waals surface area contributed by atoms with E-state index in [1.54, 1.807) is 18.9 Å². The Morgan fingerprint density at radius 3 is 2.56 bits per heavy atom. The van der Waals surface area contributed by atoms with Gasteiger partial charge in [0.1, 0.15) is 5.82 Å². The zero-order chi connectivity index (χ0) is 23.4. The maximum absolute atomic E-state index is 13.7. The highest BCUT2D eigenvalue weighted by Gasteiger charge is 2.22.